The predicted octanol–water partition coefficient (Wildman–Crippen LogP) is 0.373. The summed E-state index contributed by atoms with van der Waals surface area (Å²) >= 11 is 0. The average molecular weight is 204 g/mol. The van der Waals surface area contributed by atoms with Crippen LogP contribution in [-0.2, 0) is 4.79 Å². The fourth-order valence-electron chi connectivity index (χ4n) is 0.808. The first kappa shape index (κ1) is 11.8. The molecule has 0 radical (unpaired) electrons. The monoisotopic (exact) mass is 203 g/mol. The zero-order chi connectivity index (χ0) is 8.97. The van der Waals surface area contributed by atoms with Crippen LogP contribution in [0, 0.1) is 0 Å². The van der Waals surface area contributed by atoms with Crippen LogP contribution in [0.3, 0.4) is 0 Å². The molecule has 5 nitrogen and oxygen atoms in total. The summed E-state index contributed by atoms with van der Waals surface area (Å²) in [5.41, 5.74) is 6.17. The lowest BCUT2D eigenvalue weighted by Gasteiger charge is -2.06. The highest BCUT2D eigenvalue weighted by Crippen LogP contribution is 2.10. The highest BCUT2D eigenvalue weighted by molar-refractivity contribution is 5.85. The summed E-state index contributed by atoms with van der Waals surface area (Å²) in [7, 11) is 0. The lowest BCUT2D eigenvalue weighted by atomic mass is 10.1. The average Bonchev–Trinajstić information content (AvgIpc) is 2.05. The van der Waals surface area contributed by atoms with Crippen LogP contribution in [0.1, 0.15) is 18.0 Å². The quantitative estimate of drug-likeness (QED) is 0.741. The summed E-state index contributed by atoms with van der Waals surface area (Å²) in [6.45, 7) is 0. The van der Waals surface area contributed by atoms with Gasteiger partial charge < -0.3 is 10.8 Å². The van der Waals surface area contributed by atoms with Crippen LogP contribution in [-0.4, -0.2) is 21.0 Å². The normalized spacial score (nSPS) is 11.5. The maximum atomic E-state index is 10.3. The highest BCUT2D eigenvalue weighted by Gasteiger charge is 2.10. The molecule has 0 amide bonds. The molecule has 0 unspecified atom stereocenters. The molecule has 3 N–H and O–H groups in total. The molecule has 0 saturated heterocycles. The van der Waals surface area contributed by atoms with E-state index in [2.05, 4.69) is 9.97 Å². The van der Waals surface area contributed by atoms with Crippen molar-refractivity contribution in [1.29, 1.82) is 0 Å². The van der Waals surface area contributed by atoms with Crippen molar-refractivity contribution in [2.24, 2.45) is 5.73 Å². The summed E-state index contributed by atoms with van der Waals surface area (Å²) < 4.78 is 0. The van der Waals surface area contributed by atoms with E-state index in [1.807, 2.05) is 0 Å². The molecule has 0 saturated carbocycles. The Hall–Kier alpha value is -1.20. The van der Waals surface area contributed by atoms with Crippen molar-refractivity contribution in [1.82, 2.24) is 9.97 Å². The van der Waals surface area contributed by atoms with Gasteiger partial charge in [0.1, 0.15) is 6.33 Å². The number of halogens is 1. The minimum absolute atomic E-state index is 0. The Kier molecular flexibility index (Phi) is 4.94. The van der Waals surface area contributed by atoms with Gasteiger partial charge in [0.2, 0.25) is 0 Å². The second-order valence-electron chi connectivity index (χ2n) is 2.38. The van der Waals surface area contributed by atoms with Crippen molar-refractivity contribution in [3.63, 3.8) is 0 Å². The van der Waals surface area contributed by atoms with Crippen LogP contribution in [0.25, 0.3) is 0 Å². The molecule has 0 aromatic carbocycles. The van der Waals surface area contributed by atoms with Crippen LogP contribution < -0.4 is 5.73 Å². The molecule has 0 bridgehead atoms. The zero-order valence-corrected chi connectivity index (χ0v) is 7.57. The first-order valence-electron chi connectivity index (χ1n) is 3.42. The van der Waals surface area contributed by atoms with Gasteiger partial charge in [-0.3, -0.25) is 4.79 Å². The van der Waals surface area contributed by atoms with E-state index in [-0.39, 0.29) is 18.8 Å². The van der Waals surface area contributed by atoms with Gasteiger partial charge in [-0.15, -0.1) is 12.4 Å². The number of carboxylic acid groups (broad SMARTS) is 1. The number of carbonyl (C=O) groups is 1. The van der Waals surface area contributed by atoms with E-state index in [0.29, 0.717) is 5.56 Å². The number of hydrogen-bond donors (Lipinski definition) is 2. The third kappa shape index (κ3) is 3.82. The van der Waals surface area contributed by atoms with E-state index >= 15 is 0 Å². The second-order valence-corrected chi connectivity index (χ2v) is 2.38. The zero-order valence-electron chi connectivity index (χ0n) is 6.75. The van der Waals surface area contributed by atoms with Crippen LogP contribution >= 0.6 is 12.4 Å². The highest BCUT2D eigenvalue weighted by atomic mass is 35.5. The summed E-state index contributed by atoms with van der Waals surface area (Å²) in [6, 6.07) is -0.524. The molecule has 6 heteroatoms. The van der Waals surface area contributed by atoms with Gasteiger partial charge in [0.05, 0.1) is 6.42 Å². The van der Waals surface area contributed by atoms with E-state index < -0.39 is 12.0 Å². The molecule has 72 valence electrons. The third-order valence-corrected chi connectivity index (χ3v) is 1.40. The summed E-state index contributed by atoms with van der Waals surface area (Å²) in [6.07, 6.45) is 4.30. The van der Waals surface area contributed by atoms with Crippen molar-refractivity contribution in [3.8, 4) is 0 Å². The second kappa shape index (κ2) is 5.45. The maximum Gasteiger partial charge on any atom is 0.305 e. The molecular weight excluding hydrogens is 194 g/mol. The van der Waals surface area contributed by atoms with Gasteiger partial charge >= 0.3 is 5.97 Å². The van der Waals surface area contributed by atoms with Crippen molar-refractivity contribution in [2.75, 3.05) is 0 Å². The van der Waals surface area contributed by atoms with E-state index in [0.717, 1.165) is 0 Å². The number of aromatic nitrogens is 2. The molecular formula is C7H10ClN3O2. The molecule has 1 atom stereocenters. The number of carboxylic acids is 1. The Morgan fingerprint density at radius 3 is 2.54 bits per heavy atom. The van der Waals surface area contributed by atoms with Crippen molar-refractivity contribution >= 4 is 18.4 Å². The number of nitrogens with two attached hydrogens (primary N) is 1. The van der Waals surface area contributed by atoms with Crippen molar-refractivity contribution < 1.29 is 9.90 Å². The largest absolute Gasteiger partial charge is 0.481 e. The fourth-order valence-corrected chi connectivity index (χ4v) is 0.808. The molecule has 0 spiro atoms. The van der Waals surface area contributed by atoms with Gasteiger partial charge in [-0.1, -0.05) is 0 Å². The summed E-state index contributed by atoms with van der Waals surface area (Å²) in [5.74, 6) is -0.925. The lowest BCUT2D eigenvalue weighted by molar-refractivity contribution is -0.137. The molecule has 0 aliphatic rings. The topological polar surface area (TPSA) is 89.1 Å². The van der Waals surface area contributed by atoms with Gasteiger partial charge in [0.15, 0.2) is 0 Å². The van der Waals surface area contributed by atoms with Crippen molar-refractivity contribution in [2.45, 2.75) is 12.5 Å². The Bertz CT molecular complexity index is 268. The summed E-state index contributed by atoms with van der Waals surface area (Å²) in [5, 5.41) is 8.42. The van der Waals surface area contributed by atoms with Crippen LogP contribution in [0.15, 0.2) is 18.7 Å². The molecule has 1 aromatic heterocycles. The first-order valence-corrected chi connectivity index (χ1v) is 3.42. The van der Waals surface area contributed by atoms with E-state index in [4.69, 9.17) is 10.8 Å². The minimum Gasteiger partial charge on any atom is -0.481 e. The number of aliphatic carboxylic acids is 1. The minimum atomic E-state index is -0.925. The predicted molar refractivity (Wildman–Crippen MR) is 48.5 cm³/mol. The standard InChI is InChI=1S/C7H9N3O2.ClH/c8-6(1-7(11)12)5-2-9-4-10-3-5;/h2-4,6H,1,8H2,(H,11,12);1H/t6-;/m1./s1. The maximum absolute atomic E-state index is 10.3. The van der Waals surface area contributed by atoms with Crippen LogP contribution in [0.2, 0.25) is 0 Å². The summed E-state index contributed by atoms with van der Waals surface area (Å²) in [4.78, 5) is 17.7. The third-order valence-electron chi connectivity index (χ3n) is 1.40. The molecule has 0 aliphatic heterocycles. The van der Waals surface area contributed by atoms with E-state index in [1.54, 1.807) is 0 Å². The number of rotatable bonds is 3. The number of nitrogens with zero attached hydrogens (tertiary/aromatic N) is 2. The molecule has 0 fully saturated rings. The van der Waals surface area contributed by atoms with Gasteiger partial charge in [-0.2, -0.15) is 0 Å². The Morgan fingerprint density at radius 2 is 2.08 bits per heavy atom. The van der Waals surface area contributed by atoms with Gasteiger partial charge in [-0.05, 0) is 0 Å². The molecule has 1 aromatic rings. The Morgan fingerprint density at radius 1 is 1.54 bits per heavy atom. The Labute approximate surface area is 81.4 Å². The van der Waals surface area contributed by atoms with Gasteiger partial charge in [-0.25, -0.2) is 9.97 Å². The Balaban J connectivity index is 0.00000144. The first-order chi connectivity index (χ1) is 5.70. The van der Waals surface area contributed by atoms with Crippen molar-refractivity contribution in [3.05, 3.63) is 24.3 Å². The molecule has 1 rings (SSSR count). The molecule has 13 heavy (non-hydrogen) atoms. The fraction of sp³-hybridized carbons (Fsp3) is 0.286. The smallest absolute Gasteiger partial charge is 0.305 e. The molecule has 1 heterocycles. The van der Waals surface area contributed by atoms with Gasteiger partial charge in [0.25, 0.3) is 0 Å². The number of hydrogen-bond acceptors (Lipinski definition) is 4. The van der Waals surface area contributed by atoms with E-state index in [9.17, 15) is 4.79 Å². The molecule has 0 aliphatic carbocycles. The van der Waals surface area contributed by atoms with E-state index in [1.165, 1.54) is 18.7 Å². The van der Waals surface area contributed by atoms with Crippen LogP contribution in [0.5, 0.6) is 0 Å². The van der Waals surface area contributed by atoms with Gasteiger partial charge in [0, 0.05) is 24.0 Å². The SMILES string of the molecule is Cl.N[C@H](CC(=O)O)c1cncnc1. The van der Waals surface area contributed by atoms with Crippen LogP contribution in [0.4, 0.5) is 0 Å². The lowest BCUT2D eigenvalue weighted by Crippen LogP contribution is -2.15.